The van der Waals surface area contributed by atoms with Gasteiger partial charge in [0.1, 0.15) is 0 Å². The van der Waals surface area contributed by atoms with Crippen LogP contribution in [-0.4, -0.2) is 42.1 Å². The van der Waals surface area contributed by atoms with Crippen molar-refractivity contribution in [3.63, 3.8) is 0 Å². The predicted molar refractivity (Wildman–Crippen MR) is 116 cm³/mol. The summed E-state index contributed by atoms with van der Waals surface area (Å²) in [4.78, 5) is 15.1. The van der Waals surface area contributed by atoms with Crippen LogP contribution in [0, 0.1) is 11.8 Å². The Bertz CT molecular complexity index is 709. The number of nitrogens with zero attached hydrogens (tertiary/aromatic N) is 1. The number of fused-ring (bicyclic) bond motifs is 4. The number of carbonyl (C=O) groups excluding carboxylic acids is 1. The van der Waals surface area contributed by atoms with E-state index in [0.717, 1.165) is 23.6 Å². The van der Waals surface area contributed by atoms with Crippen LogP contribution in [0.4, 0.5) is 5.69 Å². The second-order valence-corrected chi connectivity index (χ2v) is 10.1. The fraction of sp³-hybridized carbons (Fsp3) is 0.720. The third kappa shape index (κ3) is 3.93. The Balaban J connectivity index is 1.29. The molecular formula is C25H36N2O2. The van der Waals surface area contributed by atoms with Gasteiger partial charge in [-0.25, -0.2) is 4.79 Å². The lowest BCUT2D eigenvalue weighted by Gasteiger charge is -2.55. The lowest BCUT2D eigenvalue weighted by Crippen LogP contribution is -2.60. The summed E-state index contributed by atoms with van der Waals surface area (Å²) in [7, 11) is 1.46. The molecule has 3 unspecified atom stereocenters. The number of carbonyl (C=O) groups is 1. The highest BCUT2D eigenvalue weighted by atomic mass is 16.5. The van der Waals surface area contributed by atoms with Gasteiger partial charge < -0.3 is 10.1 Å². The van der Waals surface area contributed by atoms with Gasteiger partial charge in [0.05, 0.1) is 12.7 Å². The minimum Gasteiger partial charge on any atom is -0.465 e. The summed E-state index contributed by atoms with van der Waals surface area (Å²) >= 11 is 0. The average Bonchev–Trinajstić information content (AvgIpc) is 2.72. The Morgan fingerprint density at radius 2 is 1.55 bits per heavy atom. The summed E-state index contributed by atoms with van der Waals surface area (Å²) in [5, 5.41) is 3.73. The van der Waals surface area contributed by atoms with Crippen LogP contribution in [0.15, 0.2) is 24.3 Å². The lowest BCUT2D eigenvalue weighted by molar-refractivity contribution is -0.0382. The van der Waals surface area contributed by atoms with Gasteiger partial charge in [-0.15, -0.1) is 0 Å². The number of nitrogens with one attached hydrogen (secondary N) is 1. The fourth-order valence-electron chi connectivity index (χ4n) is 7.19. The molecule has 1 N–H and O–H groups in total. The van der Waals surface area contributed by atoms with E-state index in [1.54, 1.807) is 0 Å². The van der Waals surface area contributed by atoms with Crippen molar-refractivity contribution < 1.29 is 9.53 Å². The van der Waals surface area contributed by atoms with Gasteiger partial charge in [0.25, 0.3) is 0 Å². The number of rotatable bonds is 4. The minimum absolute atomic E-state index is 0.250. The first-order valence-corrected chi connectivity index (χ1v) is 11.9. The maximum absolute atomic E-state index is 12.2. The van der Waals surface area contributed by atoms with Crippen LogP contribution in [0.5, 0.6) is 0 Å². The molecule has 5 rings (SSSR count). The van der Waals surface area contributed by atoms with Crippen molar-refractivity contribution in [1.29, 1.82) is 0 Å². The number of anilines is 1. The van der Waals surface area contributed by atoms with Crippen LogP contribution >= 0.6 is 0 Å². The van der Waals surface area contributed by atoms with Crippen LogP contribution in [0.2, 0.25) is 0 Å². The number of benzene rings is 1. The van der Waals surface area contributed by atoms with E-state index in [-0.39, 0.29) is 5.97 Å². The highest BCUT2D eigenvalue weighted by Gasteiger charge is 2.44. The maximum Gasteiger partial charge on any atom is 0.339 e. The molecule has 0 spiro atoms. The van der Waals surface area contributed by atoms with Gasteiger partial charge in [0.15, 0.2) is 0 Å². The SMILES string of the molecule is COC(=O)c1ccccc1NC1C[C@H]2CCC[C@@H](C1)N2C1CC2CCCC(C2)C1. The van der Waals surface area contributed by atoms with Crippen molar-refractivity contribution in [2.24, 2.45) is 11.8 Å². The molecule has 2 saturated heterocycles. The Hall–Kier alpha value is -1.55. The highest BCUT2D eigenvalue weighted by Crippen LogP contribution is 2.46. The molecule has 4 bridgehead atoms. The van der Waals surface area contributed by atoms with E-state index in [9.17, 15) is 4.79 Å². The van der Waals surface area contributed by atoms with Gasteiger partial charge in [0.2, 0.25) is 0 Å². The predicted octanol–water partition coefficient (Wildman–Crippen LogP) is 5.24. The summed E-state index contributed by atoms with van der Waals surface area (Å²) < 4.78 is 4.99. The largest absolute Gasteiger partial charge is 0.465 e. The molecule has 0 radical (unpaired) electrons. The van der Waals surface area contributed by atoms with Gasteiger partial charge in [-0.3, -0.25) is 4.90 Å². The number of esters is 1. The molecule has 4 nitrogen and oxygen atoms in total. The number of para-hydroxylation sites is 1. The molecule has 4 fully saturated rings. The zero-order chi connectivity index (χ0) is 19.8. The summed E-state index contributed by atoms with van der Waals surface area (Å²) in [6.45, 7) is 0. The molecule has 0 aromatic heterocycles. The van der Waals surface area contributed by atoms with Gasteiger partial charge in [-0.05, 0) is 68.9 Å². The lowest BCUT2D eigenvalue weighted by atomic mass is 9.68. The van der Waals surface area contributed by atoms with E-state index in [0.29, 0.717) is 23.7 Å². The van der Waals surface area contributed by atoms with Crippen LogP contribution in [0.25, 0.3) is 0 Å². The van der Waals surface area contributed by atoms with E-state index in [1.165, 1.54) is 77.7 Å². The summed E-state index contributed by atoms with van der Waals surface area (Å²) in [5.41, 5.74) is 1.59. The molecular weight excluding hydrogens is 360 g/mol. The average molecular weight is 397 g/mol. The molecule has 158 valence electrons. The van der Waals surface area contributed by atoms with E-state index < -0.39 is 0 Å². The molecule has 2 saturated carbocycles. The van der Waals surface area contributed by atoms with E-state index in [1.807, 2.05) is 24.3 Å². The number of ether oxygens (including phenoxy) is 1. The molecule has 0 amide bonds. The van der Waals surface area contributed by atoms with Crippen LogP contribution in [0.1, 0.15) is 81.0 Å². The zero-order valence-corrected chi connectivity index (χ0v) is 17.8. The summed E-state index contributed by atoms with van der Waals surface area (Å²) in [6, 6.07) is 10.5. The maximum atomic E-state index is 12.2. The first-order chi connectivity index (χ1) is 14.2. The monoisotopic (exact) mass is 396 g/mol. The normalized spacial score (nSPS) is 37.0. The van der Waals surface area contributed by atoms with E-state index in [2.05, 4.69) is 10.2 Å². The molecule has 4 heteroatoms. The highest BCUT2D eigenvalue weighted by molar-refractivity contribution is 5.95. The molecule has 4 aliphatic rings. The van der Waals surface area contributed by atoms with Gasteiger partial charge in [-0.2, -0.15) is 0 Å². The molecule has 2 aliphatic carbocycles. The van der Waals surface area contributed by atoms with Crippen molar-refractivity contribution in [2.45, 2.75) is 94.8 Å². The third-order valence-corrected chi connectivity index (χ3v) is 8.25. The quantitative estimate of drug-likeness (QED) is 0.707. The van der Waals surface area contributed by atoms with E-state index in [4.69, 9.17) is 4.74 Å². The van der Waals surface area contributed by atoms with Crippen molar-refractivity contribution in [3.05, 3.63) is 29.8 Å². The Morgan fingerprint density at radius 1 is 0.897 bits per heavy atom. The summed E-state index contributed by atoms with van der Waals surface area (Å²) in [6.07, 6.45) is 15.3. The van der Waals surface area contributed by atoms with Gasteiger partial charge in [-0.1, -0.05) is 37.8 Å². The summed E-state index contributed by atoms with van der Waals surface area (Å²) in [5.74, 6) is 1.74. The van der Waals surface area contributed by atoms with Crippen LogP contribution in [0.3, 0.4) is 0 Å². The molecule has 2 heterocycles. The zero-order valence-electron chi connectivity index (χ0n) is 17.8. The Morgan fingerprint density at radius 3 is 2.24 bits per heavy atom. The molecule has 5 atom stereocenters. The second-order valence-electron chi connectivity index (χ2n) is 10.1. The van der Waals surface area contributed by atoms with E-state index >= 15 is 0 Å². The number of piperidine rings is 2. The van der Waals surface area contributed by atoms with Gasteiger partial charge >= 0.3 is 5.97 Å². The second kappa shape index (κ2) is 8.29. The fourth-order valence-corrected chi connectivity index (χ4v) is 7.19. The minimum atomic E-state index is -0.250. The topological polar surface area (TPSA) is 41.6 Å². The smallest absolute Gasteiger partial charge is 0.339 e. The first kappa shape index (κ1) is 19.4. The third-order valence-electron chi connectivity index (χ3n) is 8.25. The standard InChI is InChI=1S/C25H36N2O2/c1-29-25(28)23-10-2-3-11-24(23)26-19-15-20-8-5-9-21(16-19)27(20)22-13-17-6-4-7-18(12-17)14-22/h2-3,10-11,17-22,26H,4-9,12-16H2,1H3/t17?,18?,19?,20-,21+,22?. The van der Waals surface area contributed by atoms with Crippen LogP contribution < -0.4 is 5.32 Å². The number of hydrogen-bond donors (Lipinski definition) is 1. The molecule has 2 aliphatic heterocycles. The number of hydrogen-bond acceptors (Lipinski definition) is 4. The van der Waals surface area contributed by atoms with Crippen molar-refractivity contribution in [3.8, 4) is 0 Å². The van der Waals surface area contributed by atoms with Gasteiger partial charge in [0, 0.05) is 29.9 Å². The molecule has 1 aromatic rings. The Labute approximate surface area is 175 Å². The molecule has 29 heavy (non-hydrogen) atoms. The first-order valence-electron chi connectivity index (χ1n) is 11.9. The Kier molecular flexibility index (Phi) is 5.55. The van der Waals surface area contributed by atoms with Crippen molar-refractivity contribution in [2.75, 3.05) is 12.4 Å². The number of methoxy groups -OCH3 is 1. The van der Waals surface area contributed by atoms with Crippen LogP contribution in [-0.2, 0) is 4.74 Å². The van der Waals surface area contributed by atoms with Crippen molar-refractivity contribution >= 4 is 11.7 Å². The van der Waals surface area contributed by atoms with Crippen molar-refractivity contribution in [1.82, 2.24) is 4.90 Å². The molecule has 1 aromatic carbocycles.